The van der Waals surface area contributed by atoms with E-state index in [4.69, 9.17) is 0 Å². The van der Waals surface area contributed by atoms with Gasteiger partial charge in [0, 0.05) is 10.4 Å². The van der Waals surface area contributed by atoms with Gasteiger partial charge in [-0.25, -0.2) is 0 Å². The smallest absolute Gasteiger partial charge is 0.147 e. The molecular formula is C19H25BrO2. The molecule has 1 saturated carbocycles. The van der Waals surface area contributed by atoms with Gasteiger partial charge in [0.25, 0.3) is 0 Å². The molecule has 0 aromatic rings. The molecule has 0 heterocycles. The van der Waals surface area contributed by atoms with E-state index in [0.29, 0.717) is 18.6 Å². The molecule has 0 aromatic carbocycles. The molecule has 2 bridgehead atoms. The highest BCUT2D eigenvalue weighted by Gasteiger charge is 2.69. The molecule has 3 atom stereocenters. The number of ketones is 1. The summed E-state index contributed by atoms with van der Waals surface area (Å²) < 4.78 is 0.811. The van der Waals surface area contributed by atoms with Crippen LogP contribution in [0.3, 0.4) is 0 Å². The van der Waals surface area contributed by atoms with E-state index in [1.165, 1.54) is 0 Å². The maximum absolute atomic E-state index is 12.8. The van der Waals surface area contributed by atoms with Gasteiger partial charge in [-0.05, 0) is 50.0 Å². The molecule has 0 amide bonds. The van der Waals surface area contributed by atoms with Crippen LogP contribution in [0.4, 0.5) is 0 Å². The molecule has 0 aliphatic heterocycles. The number of allylic oxidation sites excluding steroid dienone is 3. The third-order valence-corrected chi connectivity index (χ3v) is 7.55. The highest BCUT2D eigenvalue weighted by molar-refractivity contribution is 9.11. The molecule has 0 spiro atoms. The van der Waals surface area contributed by atoms with Crippen LogP contribution in [0.15, 0.2) is 34.4 Å². The van der Waals surface area contributed by atoms with Crippen LogP contribution >= 0.6 is 15.9 Å². The van der Waals surface area contributed by atoms with Crippen LogP contribution in [-0.2, 0) is 4.79 Å². The third kappa shape index (κ3) is 1.78. The molecule has 4 rings (SSSR count). The van der Waals surface area contributed by atoms with E-state index < -0.39 is 11.0 Å². The lowest BCUT2D eigenvalue weighted by atomic mass is 9.37. The van der Waals surface area contributed by atoms with E-state index in [9.17, 15) is 9.90 Å². The monoisotopic (exact) mass is 364 g/mol. The number of carbonyl (C=O) groups is 1. The van der Waals surface area contributed by atoms with E-state index >= 15 is 0 Å². The molecule has 22 heavy (non-hydrogen) atoms. The van der Waals surface area contributed by atoms with Crippen LogP contribution in [-0.4, -0.2) is 16.5 Å². The summed E-state index contributed by atoms with van der Waals surface area (Å²) in [6.45, 7) is 10.7. The van der Waals surface area contributed by atoms with E-state index in [0.717, 1.165) is 34.9 Å². The summed E-state index contributed by atoms with van der Waals surface area (Å²) in [7, 11) is 0. The largest absolute Gasteiger partial charge is 0.380 e. The van der Waals surface area contributed by atoms with Crippen LogP contribution in [0.25, 0.3) is 0 Å². The number of halogens is 1. The van der Waals surface area contributed by atoms with Gasteiger partial charge in [0.1, 0.15) is 11.4 Å². The van der Waals surface area contributed by atoms with Crippen LogP contribution in [0, 0.1) is 16.7 Å². The van der Waals surface area contributed by atoms with Crippen molar-refractivity contribution in [1.82, 2.24) is 0 Å². The van der Waals surface area contributed by atoms with Crippen molar-refractivity contribution in [2.75, 3.05) is 0 Å². The maximum Gasteiger partial charge on any atom is 0.147 e. The van der Waals surface area contributed by atoms with Crippen molar-refractivity contribution in [1.29, 1.82) is 0 Å². The lowest BCUT2D eigenvalue weighted by Crippen LogP contribution is -2.66. The second-order valence-electron chi connectivity index (χ2n) is 7.75. The Hall–Kier alpha value is -0.670. The van der Waals surface area contributed by atoms with E-state index in [1.54, 1.807) is 0 Å². The molecule has 1 N–H and O–H groups in total. The van der Waals surface area contributed by atoms with Crippen LogP contribution < -0.4 is 0 Å². The molecule has 1 unspecified atom stereocenters. The minimum atomic E-state index is -1.01. The fraction of sp³-hybridized carbons (Fsp3) is 0.632. The summed E-state index contributed by atoms with van der Waals surface area (Å²) in [6.07, 6.45) is 8.27. The van der Waals surface area contributed by atoms with Crippen molar-refractivity contribution in [2.24, 2.45) is 16.7 Å². The number of Topliss-reactive ketones (excluding diaryl/α,β-unsaturated/α-hetero) is 1. The Balaban J connectivity index is 1.95. The first-order valence-corrected chi connectivity index (χ1v) is 8.95. The average molecular weight is 365 g/mol. The number of rotatable bonds is 3. The molecule has 4 aliphatic rings. The van der Waals surface area contributed by atoms with Crippen molar-refractivity contribution in [3.05, 3.63) is 34.4 Å². The van der Waals surface area contributed by atoms with Crippen molar-refractivity contribution in [2.45, 2.75) is 58.5 Å². The Morgan fingerprint density at radius 1 is 1.45 bits per heavy atom. The standard InChI is InChI=1S/C19H25BrO2/c1-12-8-9-14-16(21)18(12,17(14,3)4)11-13(2)19(22)10-6-5-7-15(19)20/h7-8,14,22H,2,5-6,9-11H2,1,3-4H3/t14-,18+,19?/m0/s1. The van der Waals surface area contributed by atoms with Crippen LogP contribution in [0.5, 0.6) is 0 Å². The summed E-state index contributed by atoms with van der Waals surface area (Å²) in [5, 5.41) is 11.1. The van der Waals surface area contributed by atoms with Crippen LogP contribution in [0.1, 0.15) is 52.9 Å². The fourth-order valence-electron chi connectivity index (χ4n) is 4.88. The Labute approximate surface area is 141 Å². The van der Waals surface area contributed by atoms with Gasteiger partial charge in [-0.15, -0.1) is 0 Å². The summed E-state index contributed by atoms with van der Waals surface area (Å²) in [6, 6.07) is 0. The molecular weight excluding hydrogens is 340 g/mol. The van der Waals surface area contributed by atoms with Crippen molar-refractivity contribution in [3.8, 4) is 0 Å². The lowest BCUT2D eigenvalue weighted by molar-refractivity contribution is -0.169. The second kappa shape index (κ2) is 4.91. The Morgan fingerprint density at radius 3 is 2.68 bits per heavy atom. The predicted molar refractivity (Wildman–Crippen MR) is 92.7 cm³/mol. The van der Waals surface area contributed by atoms with Crippen LogP contribution in [0.2, 0.25) is 0 Å². The molecule has 3 heteroatoms. The average Bonchev–Trinajstić information content (AvgIpc) is 2.45. The first kappa shape index (κ1) is 16.2. The molecule has 0 aromatic heterocycles. The number of fused-ring (bicyclic) bond motifs is 1. The number of hydrogen-bond donors (Lipinski definition) is 1. The third-order valence-electron chi connectivity index (χ3n) is 6.57. The van der Waals surface area contributed by atoms with Gasteiger partial charge in [-0.2, -0.15) is 0 Å². The molecule has 120 valence electrons. The molecule has 2 nitrogen and oxygen atoms in total. The summed E-state index contributed by atoms with van der Waals surface area (Å²) in [5.41, 5.74) is 0.405. The molecule has 0 saturated heterocycles. The highest BCUT2D eigenvalue weighted by atomic mass is 79.9. The zero-order chi connectivity index (χ0) is 16.3. The van der Waals surface area contributed by atoms with Gasteiger partial charge < -0.3 is 5.11 Å². The van der Waals surface area contributed by atoms with Gasteiger partial charge in [0.2, 0.25) is 0 Å². The summed E-state index contributed by atoms with van der Waals surface area (Å²) in [5.74, 6) is 0.474. The van der Waals surface area contributed by atoms with Gasteiger partial charge in [-0.1, -0.05) is 54.1 Å². The van der Waals surface area contributed by atoms with Crippen molar-refractivity contribution >= 4 is 21.7 Å². The molecule has 4 aliphatic carbocycles. The van der Waals surface area contributed by atoms with E-state index in [-0.39, 0.29) is 11.3 Å². The lowest BCUT2D eigenvalue weighted by Gasteiger charge is -2.64. The minimum absolute atomic E-state index is 0.0485. The first-order chi connectivity index (χ1) is 10.2. The zero-order valence-corrected chi connectivity index (χ0v) is 15.3. The van der Waals surface area contributed by atoms with Gasteiger partial charge in [-0.3, -0.25) is 4.79 Å². The van der Waals surface area contributed by atoms with Gasteiger partial charge in [0.05, 0.1) is 5.41 Å². The Morgan fingerprint density at radius 2 is 2.14 bits per heavy atom. The van der Waals surface area contributed by atoms with Crippen molar-refractivity contribution < 1.29 is 9.90 Å². The fourth-order valence-corrected chi connectivity index (χ4v) is 5.58. The van der Waals surface area contributed by atoms with Crippen molar-refractivity contribution in [3.63, 3.8) is 0 Å². The topological polar surface area (TPSA) is 37.3 Å². The Kier molecular flexibility index (Phi) is 3.62. The number of aliphatic hydroxyl groups is 1. The minimum Gasteiger partial charge on any atom is -0.380 e. The van der Waals surface area contributed by atoms with Gasteiger partial charge >= 0.3 is 0 Å². The predicted octanol–water partition coefficient (Wildman–Crippen LogP) is 4.69. The second-order valence-corrected chi connectivity index (χ2v) is 8.61. The Bertz CT molecular complexity index is 613. The number of hydrogen-bond acceptors (Lipinski definition) is 2. The normalized spacial score (nSPS) is 39.7. The zero-order valence-electron chi connectivity index (χ0n) is 13.7. The molecule has 1 fully saturated rings. The SMILES string of the molecule is C=C(C[C@]12C(=O)[C@H](CC=C1C)C2(C)C)C1(O)CCCC=C1Br. The summed E-state index contributed by atoms with van der Waals surface area (Å²) in [4.78, 5) is 12.8. The number of carbonyl (C=O) groups excluding carboxylic acids is 1. The van der Waals surface area contributed by atoms with E-state index in [2.05, 4.69) is 49.4 Å². The first-order valence-electron chi connectivity index (χ1n) is 8.16. The quantitative estimate of drug-likeness (QED) is 0.737. The molecule has 0 radical (unpaired) electrons. The van der Waals surface area contributed by atoms with Gasteiger partial charge in [0.15, 0.2) is 0 Å². The van der Waals surface area contributed by atoms with E-state index in [1.807, 2.05) is 6.08 Å². The maximum atomic E-state index is 12.8. The summed E-state index contributed by atoms with van der Waals surface area (Å²) >= 11 is 3.52. The highest BCUT2D eigenvalue weighted by Crippen LogP contribution is 2.68.